The number of halogens is 1. The van der Waals surface area contributed by atoms with Crippen LogP contribution in [-0.4, -0.2) is 36.9 Å². The van der Waals surface area contributed by atoms with Crippen LogP contribution >= 0.6 is 11.6 Å². The van der Waals surface area contributed by atoms with E-state index in [1.54, 1.807) is 25.3 Å². The van der Waals surface area contributed by atoms with E-state index in [9.17, 15) is 9.59 Å². The van der Waals surface area contributed by atoms with Crippen LogP contribution in [0.3, 0.4) is 0 Å². The van der Waals surface area contributed by atoms with E-state index in [1.165, 1.54) is 0 Å². The minimum atomic E-state index is -0.0579. The molecule has 146 valence electrons. The van der Waals surface area contributed by atoms with Crippen LogP contribution in [0.25, 0.3) is 0 Å². The number of likely N-dealkylation sites (tertiary alicyclic amines) is 1. The summed E-state index contributed by atoms with van der Waals surface area (Å²) in [5, 5.41) is 3.43. The molecule has 0 saturated carbocycles. The van der Waals surface area contributed by atoms with E-state index in [2.05, 4.69) is 11.4 Å². The van der Waals surface area contributed by atoms with Crippen molar-refractivity contribution in [3.8, 4) is 5.75 Å². The van der Waals surface area contributed by atoms with Crippen molar-refractivity contribution in [2.75, 3.05) is 25.5 Å². The molecule has 1 unspecified atom stereocenters. The van der Waals surface area contributed by atoms with Gasteiger partial charge in [-0.2, -0.15) is 0 Å². The molecule has 1 aromatic rings. The van der Waals surface area contributed by atoms with Crippen LogP contribution in [0.5, 0.6) is 5.75 Å². The average Bonchev–Trinajstić information content (AvgIpc) is 3.21. The largest absolute Gasteiger partial charge is 0.495 e. The Morgan fingerprint density at radius 1 is 1.33 bits per heavy atom. The Kier molecular flexibility index (Phi) is 6.78. The average molecular weight is 391 g/mol. The predicted octanol–water partition coefficient (Wildman–Crippen LogP) is 4.42. The number of methoxy groups -OCH3 is 1. The molecule has 2 amide bonds. The zero-order chi connectivity index (χ0) is 19.2. The van der Waals surface area contributed by atoms with Crippen molar-refractivity contribution in [2.24, 2.45) is 5.92 Å². The summed E-state index contributed by atoms with van der Waals surface area (Å²) >= 11 is 6.01. The molecule has 3 rings (SSSR count). The Morgan fingerprint density at radius 3 is 2.93 bits per heavy atom. The van der Waals surface area contributed by atoms with Gasteiger partial charge in [-0.15, -0.1) is 0 Å². The minimum absolute atomic E-state index is 0.0579. The molecule has 1 aliphatic carbocycles. The molecule has 2 aliphatic rings. The van der Waals surface area contributed by atoms with Crippen LogP contribution in [0.2, 0.25) is 5.02 Å². The first-order valence-corrected chi connectivity index (χ1v) is 10.1. The summed E-state index contributed by atoms with van der Waals surface area (Å²) in [5.41, 5.74) is 1.56. The molecule has 0 aromatic heterocycles. The molecule has 5 nitrogen and oxygen atoms in total. The third-order valence-electron chi connectivity index (χ3n) is 5.34. The Labute approximate surface area is 165 Å². The van der Waals surface area contributed by atoms with Gasteiger partial charge < -0.3 is 15.0 Å². The van der Waals surface area contributed by atoms with Crippen LogP contribution in [0.4, 0.5) is 5.69 Å². The van der Waals surface area contributed by atoms with Crippen molar-refractivity contribution in [2.45, 2.75) is 44.9 Å². The molecule has 0 spiro atoms. The SMILES string of the molecule is COc1ccc(Cl)cc1NC(=O)CCC1CCCN(C(=O)C2=CCCC2)C1. The number of allylic oxidation sites excluding steroid dienone is 1. The lowest BCUT2D eigenvalue weighted by Gasteiger charge is -2.33. The molecule has 0 radical (unpaired) electrons. The zero-order valence-corrected chi connectivity index (χ0v) is 16.6. The van der Waals surface area contributed by atoms with Gasteiger partial charge in [-0.3, -0.25) is 9.59 Å². The molecule has 1 saturated heterocycles. The van der Waals surface area contributed by atoms with Gasteiger partial charge in [-0.05, 0) is 62.6 Å². The van der Waals surface area contributed by atoms with Crippen molar-refractivity contribution in [1.29, 1.82) is 0 Å². The van der Waals surface area contributed by atoms with E-state index in [0.717, 1.165) is 57.2 Å². The molecular weight excluding hydrogens is 364 g/mol. The standard InChI is InChI=1S/C21H27ClN2O3/c1-27-19-10-9-17(22)13-18(19)23-20(25)11-8-15-5-4-12-24(14-15)21(26)16-6-2-3-7-16/h6,9-10,13,15H,2-5,7-8,11-12,14H2,1H3,(H,23,25). The molecule has 1 aromatic carbocycles. The number of rotatable bonds is 6. The summed E-state index contributed by atoms with van der Waals surface area (Å²) in [7, 11) is 1.56. The molecule has 1 atom stereocenters. The van der Waals surface area contributed by atoms with Gasteiger partial charge in [0.05, 0.1) is 12.8 Å². The van der Waals surface area contributed by atoms with E-state index >= 15 is 0 Å². The normalized spacial score (nSPS) is 19.6. The van der Waals surface area contributed by atoms with Crippen molar-refractivity contribution >= 4 is 29.1 Å². The fourth-order valence-electron chi connectivity index (χ4n) is 3.88. The highest BCUT2D eigenvalue weighted by atomic mass is 35.5. The van der Waals surface area contributed by atoms with Crippen LogP contribution in [0.1, 0.15) is 44.9 Å². The lowest BCUT2D eigenvalue weighted by molar-refractivity contribution is -0.129. The van der Waals surface area contributed by atoms with Gasteiger partial charge in [-0.25, -0.2) is 0 Å². The number of amides is 2. The third-order valence-corrected chi connectivity index (χ3v) is 5.57. The van der Waals surface area contributed by atoms with Crippen molar-refractivity contribution in [3.05, 3.63) is 34.9 Å². The molecule has 0 bridgehead atoms. The van der Waals surface area contributed by atoms with Crippen molar-refractivity contribution in [3.63, 3.8) is 0 Å². The first kappa shape index (κ1) is 19.7. The molecule has 1 N–H and O–H groups in total. The summed E-state index contributed by atoms with van der Waals surface area (Å²) < 4.78 is 5.26. The van der Waals surface area contributed by atoms with Crippen LogP contribution < -0.4 is 10.1 Å². The Hall–Kier alpha value is -2.01. The maximum atomic E-state index is 12.6. The van der Waals surface area contributed by atoms with E-state index in [0.29, 0.717) is 28.8 Å². The molecule has 1 aliphatic heterocycles. The smallest absolute Gasteiger partial charge is 0.249 e. The first-order chi connectivity index (χ1) is 13.1. The lowest BCUT2D eigenvalue weighted by Crippen LogP contribution is -2.40. The van der Waals surface area contributed by atoms with Crippen LogP contribution in [0, 0.1) is 5.92 Å². The zero-order valence-electron chi connectivity index (χ0n) is 15.8. The quantitative estimate of drug-likeness (QED) is 0.782. The number of piperidine rings is 1. The van der Waals surface area contributed by atoms with E-state index in [4.69, 9.17) is 16.3 Å². The number of benzene rings is 1. The maximum absolute atomic E-state index is 12.6. The summed E-state index contributed by atoms with van der Waals surface area (Å²) in [6.45, 7) is 1.59. The number of carbonyl (C=O) groups is 2. The number of ether oxygens (including phenoxy) is 1. The second-order valence-electron chi connectivity index (χ2n) is 7.31. The monoisotopic (exact) mass is 390 g/mol. The maximum Gasteiger partial charge on any atom is 0.249 e. The van der Waals surface area contributed by atoms with E-state index < -0.39 is 0 Å². The fourth-order valence-corrected chi connectivity index (χ4v) is 4.05. The Morgan fingerprint density at radius 2 is 2.19 bits per heavy atom. The summed E-state index contributed by atoms with van der Waals surface area (Å²) in [6.07, 6.45) is 8.37. The Bertz CT molecular complexity index is 732. The van der Waals surface area contributed by atoms with Gasteiger partial charge in [0.1, 0.15) is 5.75 Å². The van der Waals surface area contributed by atoms with Gasteiger partial charge in [0, 0.05) is 30.1 Å². The lowest BCUT2D eigenvalue weighted by atomic mass is 9.92. The predicted molar refractivity (Wildman–Crippen MR) is 107 cm³/mol. The number of nitrogens with zero attached hydrogens (tertiary/aromatic N) is 1. The van der Waals surface area contributed by atoms with Crippen LogP contribution in [-0.2, 0) is 9.59 Å². The molecule has 1 heterocycles. The van der Waals surface area contributed by atoms with Crippen molar-refractivity contribution < 1.29 is 14.3 Å². The Balaban J connectivity index is 1.50. The molecule has 1 fully saturated rings. The third kappa shape index (κ3) is 5.25. The summed E-state index contributed by atoms with van der Waals surface area (Å²) in [5.74, 6) is 1.10. The summed E-state index contributed by atoms with van der Waals surface area (Å²) in [4.78, 5) is 26.9. The highest BCUT2D eigenvalue weighted by Gasteiger charge is 2.26. The van der Waals surface area contributed by atoms with E-state index in [1.807, 2.05) is 4.90 Å². The number of anilines is 1. The minimum Gasteiger partial charge on any atom is -0.495 e. The number of hydrogen-bond donors (Lipinski definition) is 1. The number of nitrogens with one attached hydrogen (secondary N) is 1. The van der Waals surface area contributed by atoms with Crippen molar-refractivity contribution in [1.82, 2.24) is 4.90 Å². The van der Waals surface area contributed by atoms with Gasteiger partial charge >= 0.3 is 0 Å². The molecule has 6 heteroatoms. The second kappa shape index (κ2) is 9.27. The topological polar surface area (TPSA) is 58.6 Å². The van der Waals surface area contributed by atoms with Gasteiger partial charge in [-0.1, -0.05) is 17.7 Å². The van der Waals surface area contributed by atoms with Gasteiger partial charge in [0.2, 0.25) is 11.8 Å². The van der Waals surface area contributed by atoms with Gasteiger partial charge in [0.25, 0.3) is 0 Å². The summed E-state index contributed by atoms with van der Waals surface area (Å²) in [6, 6.07) is 5.15. The highest BCUT2D eigenvalue weighted by Crippen LogP contribution is 2.29. The molecular formula is C21H27ClN2O3. The van der Waals surface area contributed by atoms with E-state index in [-0.39, 0.29) is 11.8 Å². The van der Waals surface area contributed by atoms with Crippen LogP contribution in [0.15, 0.2) is 29.8 Å². The first-order valence-electron chi connectivity index (χ1n) is 9.68. The fraction of sp³-hybridized carbons (Fsp3) is 0.524. The second-order valence-corrected chi connectivity index (χ2v) is 7.75. The number of hydrogen-bond acceptors (Lipinski definition) is 3. The van der Waals surface area contributed by atoms with Gasteiger partial charge in [0.15, 0.2) is 0 Å². The number of carbonyl (C=O) groups excluding carboxylic acids is 2. The molecule has 27 heavy (non-hydrogen) atoms. The highest BCUT2D eigenvalue weighted by molar-refractivity contribution is 6.31.